The Morgan fingerprint density at radius 3 is 2.12 bits per heavy atom. The fourth-order valence-electron chi connectivity index (χ4n) is 3.31. The molecular formula is C24H22N4O3S. The van der Waals surface area contributed by atoms with Gasteiger partial charge in [0.2, 0.25) is 15.9 Å². The van der Waals surface area contributed by atoms with Gasteiger partial charge in [-0.3, -0.25) is 4.79 Å². The zero-order valence-electron chi connectivity index (χ0n) is 17.3. The molecule has 0 aliphatic heterocycles. The lowest BCUT2D eigenvalue weighted by atomic mass is 10.1. The summed E-state index contributed by atoms with van der Waals surface area (Å²) in [7, 11) is -3.80. The van der Waals surface area contributed by atoms with E-state index < -0.39 is 15.9 Å². The van der Waals surface area contributed by atoms with E-state index in [1.807, 2.05) is 66.7 Å². The van der Waals surface area contributed by atoms with E-state index in [9.17, 15) is 13.2 Å². The van der Waals surface area contributed by atoms with Crippen molar-refractivity contribution in [2.75, 3.05) is 5.32 Å². The van der Waals surface area contributed by atoms with Crippen LogP contribution in [0.25, 0.3) is 16.9 Å². The standard InChI is InChI=1S/C24H22N4O3S/c1-17(24(29)26-19-10-6-3-7-11-19)22-16-23(18-8-4-2-5-9-18)28(27-22)20-12-14-21(15-13-20)32(25,30)31/h2-17H,1H3,(H,26,29)(H2,25,30,31). The highest BCUT2D eigenvalue weighted by atomic mass is 32.2. The van der Waals surface area contributed by atoms with Crippen molar-refractivity contribution >= 4 is 21.6 Å². The Hall–Kier alpha value is -3.75. The zero-order chi connectivity index (χ0) is 22.7. The van der Waals surface area contributed by atoms with Gasteiger partial charge in [0.05, 0.1) is 27.9 Å². The number of primary sulfonamides is 1. The Labute approximate surface area is 186 Å². The molecular weight excluding hydrogens is 424 g/mol. The molecule has 4 aromatic rings. The smallest absolute Gasteiger partial charge is 0.238 e. The average molecular weight is 447 g/mol. The van der Waals surface area contributed by atoms with Crippen LogP contribution in [0.2, 0.25) is 0 Å². The lowest BCUT2D eigenvalue weighted by molar-refractivity contribution is -0.117. The molecule has 0 fully saturated rings. The van der Waals surface area contributed by atoms with Crippen LogP contribution >= 0.6 is 0 Å². The van der Waals surface area contributed by atoms with E-state index in [1.165, 1.54) is 12.1 Å². The minimum atomic E-state index is -3.80. The molecule has 0 radical (unpaired) electrons. The summed E-state index contributed by atoms with van der Waals surface area (Å²) in [5, 5.41) is 12.8. The van der Waals surface area contributed by atoms with Gasteiger partial charge < -0.3 is 5.32 Å². The third-order valence-corrected chi connectivity index (χ3v) is 6.02. The third kappa shape index (κ3) is 4.61. The van der Waals surface area contributed by atoms with Crippen LogP contribution in [-0.2, 0) is 14.8 Å². The van der Waals surface area contributed by atoms with E-state index in [2.05, 4.69) is 10.4 Å². The fraction of sp³-hybridized carbons (Fsp3) is 0.0833. The second-order valence-electron chi connectivity index (χ2n) is 7.35. The number of carbonyl (C=O) groups is 1. The van der Waals surface area contributed by atoms with Crippen molar-refractivity contribution in [3.05, 3.63) is 96.7 Å². The van der Waals surface area contributed by atoms with E-state index >= 15 is 0 Å². The molecule has 0 saturated carbocycles. The summed E-state index contributed by atoms with van der Waals surface area (Å²) in [5.74, 6) is -0.687. The summed E-state index contributed by atoms with van der Waals surface area (Å²) in [4.78, 5) is 12.8. The molecule has 1 atom stereocenters. The third-order valence-electron chi connectivity index (χ3n) is 5.09. The molecule has 4 rings (SSSR count). The average Bonchev–Trinajstić information content (AvgIpc) is 3.25. The molecule has 0 saturated heterocycles. The number of carbonyl (C=O) groups excluding carboxylic acids is 1. The molecule has 8 heteroatoms. The fourth-order valence-corrected chi connectivity index (χ4v) is 3.82. The summed E-state index contributed by atoms with van der Waals surface area (Å²) in [6, 6.07) is 26.9. The number of anilines is 1. The maximum atomic E-state index is 12.8. The number of hydrogen-bond acceptors (Lipinski definition) is 4. The van der Waals surface area contributed by atoms with Crippen molar-refractivity contribution in [2.45, 2.75) is 17.7 Å². The molecule has 0 spiro atoms. The monoisotopic (exact) mass is 446 g/mol. The first-order chi connectivity index (χ1) is 15.3. The normalized spacial score (nSPS) is 12.3. The number of nitrogens with two attached hydrogens (primary N) is 1. The molecule has 0 bridgehead atoms. The molecule has 1 aromatic heterocycles. The number of para-hydroxylation sites is 1. The Morgan fingerprint density at radius 2 is 1.53 bits per heavy atom. The number of rotatable bonds is 6. The van der Waals surface area contributed by atoms with Gasteiger partial charge >= 0.3 is 0 Å². The van der Waals surface area contributed by atoms with Gasteiger partial charge in [-0.15, -0.1) is 0 Å². The van der Waals surface area contributed by atoms with Gasteiger partial charge in [0.15, 0.2) is 0 Å². The lowest BCUT2D eigenvalue weighted by Crippen LogP contribution is -2.19. The summed E-state index contributed by atoms with van der Waals surface area (Å²) in [6.07, 6.45) is 0. The molecule has 0 aliphatic carbocycles. The van der Waals surface area contributed by atoms with Crippen LogP contribution < -0.4 is 10.5 Å². The van der Waals surface area contributed by atoms with Gasteiger partial charge in [-0.05, 0) is 49.4 Å². The highest BCUT2D eigenvalue weighted by Crippen LogP contribution is 2.28. The van der Waals surface area contributed by atoms with E-state index in [0.717, 1.165) is 11.3 Å². The number of amides is 1. The topological polar surface area (TPSA) is 107 Å². The van der Waals surface area contributed by atoms with E-state index in [4.69, 9.17) is 5.14 Å². The molecule has 1 heterocycles. The van der Waals surface area contributed by atoms with Crippen molar-refractivity contribution in [3.63, 3.8) is 0 Å². The maximum Gasteiger partial charge on any atom is 0.238 e. The minimum Gasteiger partial charge on any atom is -0.326 e. The Kier molecular flexibility index (Phi) is 5.89. The molecule has 7 nitrogen and oxygen atoms in total. The number of sulfonamides is 1. The highest BCUT2D eigenvalue weighted by molar-refractivity contribution is 7.89. The number of nitrogens with one attached hydrogen (secondary N) is 1. The van der Waals surface area contributed by atoms with E-state index in [1.54, 1.807) is 23.7 Å². The second kappa shape index (κ2) is 8.78. The number of aromatic nitrogens is 2. The van der Waals surface area contributed by atoms with Gasteiger partial charge in [-0.1, -0.05) is 48.5 Å². The van der Waals surface area contributed by atoms with Crippen LogP contribution in [0.4, 0.5) is 5.69 Å². The molecule has 32 heavy (non-hydrogen) atoms. The Bertz CT molecular complexity index is 1330. The van der Waals surface area contributed by atoms with Gasteiger partial charge in [0, 0.05) is 11.3 Å². The maximum absolute atomic E-state index is 12.8. The zero-order valence-corrected chi connectivity index (χ0v) is 18.2. The lowest BCUT2D eigenvalue weighted by Gasteiger charge is -2.10. The molecule has 162 valence electrons. The quantitative estimate of drug-likeness (QED) is 0.468. The molecule has 1 unspecified atom stereocenters. The van der Waals surface area contributed by atoms with Crippen LogP contribution in [0.3, 0.4) is 0 Å². The first-order valence-electron chi connectivity index (χ1n) is 9.97. The van der Waals surface area contributed by atoms with Gasteiger partial charge in [0.25, 0.3) is 0 Å². The predicted octanol–water partition coefficient (Wildman–Crippen LogP) is 3.93. The summed E-state index contributed by atoms with van der Waals surface area (Å²) >= 11 is 0. The summed E-state index contributed by atoms with van der Waals surface area (Å²) < 4.78 is 24.9. The van der Waals surface area contributed by atoms with Crippen molar-refractivity contribution < 1.29 is 13.2 Å². The van der Waals surface area contributed by atoms with Crippen LogP contribution in [0.1, 0.15) is 18.5 Å². The van der Waals surface area contributed by atoms with Crippen LogP contribution in [0.15, 0.2) is 95.9 Å². The number of hydrogen-bond donors (Lipinski definition) is 2. The van der Waals surface area contributed by atoms with Crippen LogP contribution in [0, 0.1) is 0 Å². The first kappa shape index (κ1) is 21.5. The van der Waals surface area contributed by atoms with Crippen LogP contribution in [-0.4, -0.2) is 24.1 Å². The van der Waals surface area contributed by atoms with Crippen molar-refractivity contribution in [1.29, 1.82) is 0 Å². The predicted molar refractivity (Wildman–Crippen MR) is 124 cm³/mol. The molecule has 3 aromatic carbocycles. The van der Waals surface area contributed by atoms with Crippen molar-refractivity contribution in [1.82, 2.24) is 9.78 Å². The number of benzene rings is 3. The Morgan fingerprint density at radius 1 is 0.938 bits per heavy atom. The van der Waals surface area contributed by atoms with Crippen molar-refractivity contribution in [3.8, 4) is 16.9 Å². The second-order valence-corrected chi connectivity index (χ2v) is 8.91. The van der Waals surface area contributed by atoms with Gasteiger partial charge in [-0.25, -0.2) is 18.2 Å². The Balaban J connectivity index is 1.72. The van der Waals surface area contributed by atoms with Crippen molar-refractivity contribution in [2.24, 2.45) is 5.14 Å². The molecule has 0 aliphatic rings. The largest absolute Gasteiger partial charge is 0.326 e. The minimum absolute atomic E-state index is 0.0190. The molecule has 3 N–H and O–H groups in total. The van der Waals surface area contributed by atoms with Gasteiger partial charge in [-0.2, -0.15) is 5.10 Å². The van der Waals surface area contributed by atoms with E-state index in [-0.39, 0.29) is 10.8 Å². The summed E-state index contributed by atoms with van der Waals surface area (Å²) in [6.45, 7) is 1.80. The van der Waals surface area contributed by atoms with Gasteiger partial charge in [0.1, 0.15) is 0 Å². The number of nitrogens with zero attached hydrogens (tertiary/aromatic N) is 2. The van der Waals surface area contributed by atoms with E-state index in [0.29, 0.717) is 17.1 Å². The van der Waals surface area contributed by atoms with Crippen LogP contribution in [0.5, 0.6) is 0 Å². The summed E-state index contributed by atoms with van der Waals surface area (Å²) in [5.41, 5.74) is 3.65. The SMILES string of the molecule is CC(C(=O)Nc1ccccc1)c1cc(-c2ccccc2)n(-c2ccc(S(N)(=O)=O)cc2)n1. The first-order valence-corrected chi connectivity index (χ1v) is 11.5. The highest BCUT2D eigenvalue weighted by Gasteiger charge is 2.22. The molecule has 1 amide bonds.